The predicted octanol–water partition coefficient (Wildman–Crippen LogP) is 1.56. The predicted molar refractivity (Wildman–Crippen MR) is 71.0 cm³/mol. The van der Waals surface area contributed by atoms with Gasteiger partial charge in [-0.2, -0.15) is 0 Å². The molecule has 108 valence electrons. The zero-order chi connectivity index (χ0) is 14.7. The lowest BCUT2D eigenvalue weighted by atomic mass is 10.1. The van der Waals surface area contributed by atoms with Gasteiger partial charge < -0.3 is 10.2 Å². The summed E-state index contributed by atoms with van der Waals surface area (Å²) in [5.41, 5.74) is -0.467. The van der Waals surface area contributed by atoms with Gasteiger partial charge in [-0.3, -0.25) is 14.9 Å². The zero-order valence-electron chi connectivity index (χ0n) is 11.1. The minimum Gasteiger partial charge on any atom is -0.334 e. The van der Waals surface area contributed by atoms with Crippen molar-refractivity contribution >= 4 is 11.6 Å². The van der Waals surface area contributed by atoms with Gasteiger partial charge >= 0.3 is 0 Å². The average Bonchev–Trinajstić information content (AvgIpc) is 2.86. The van der Waals surface area contributed by atoms with Gasteiger partial charge in [-0.1, -0.05) is 0 Å². The first kappa shape index (κ1) is 14.4. The molecule has 1 aliphatic rings. The molecule has 0 aliphatic carbocycles. The first-order valence-electron chi connectivity index (χ1n) is 6.44. The molecule has 6 nitrogen and oxygen atoms in total. The summed E-state index contributed by atoms with van der Waals surface area (Å²) in [4.78, 5) is 23.8. The molecule has 1 fully saturated rings. The second-order valence-electron chi connectivity index (χ2n) is 4.77. The molecule has 1 unspecified atom stereocenters. The standard InChI is InChI=1S/C13H16FN3O3/c1-15-8-10-3-2-6-16(10)13(18)11-5-4-9(17(19)20)7-12(11)14/h4-5,7,10,15H,2-3,6,8H2,1H3. The maximum atomic E-state index is 13.9. The summed E-state index contributed by atoms with van der Waals surface area (Å²) < 4.78 is 13.9. The van der Waals surface area contributed by atoms with Crippen LogP contribution in [0, 0.1) is 15.9 Å². The number of hydrogen-bond donors (Lipinski definition) is 1. The molecular weight excluding hydrogens is 265 g/mol. The van der Waals surface area contributed by atoms with Gasteiger partial charge in [-0.15, -0.1) is 0 Å². The van der Waals surface area contributed by atoms with Gasteiger partial charge in [0.05, 0.1) is 16.6 Å². The highest BCUT2D eigenvalue weighted by Crippen LogP contribution is 2.23. The Labute approximate surface area is 115 Å². The SMILES string of the molecule is CNCC1CCCN1C(=O)c1ccc([N+](=O)[O-])cc1F. The van der Waals surface area contributed by atoms with Crippen LogP contribution < -0.4 is 5.32 Å². The summed E-state index contributed by atoms with van der Waals surface area (Å²) in [5.74, 6) is -1.26. The Morgan fingerprint density at radius 3 is 2.95 bits per heavy atom. The summed E-state index contributed by atoms with van der Waals surface area (Å²) in [7, 11) is 1.80. The number of hydrogen-bond acceptors (Lipinski definition) is 4. The van der Waals surface area contributed by atoms with Gasteiger partial charge in [0.1, 0.15) is 5.82 Å². The molecule has 1 aliphatic heterocycles. The van der Waals surface area contributed by atoms with Crippen molar-refractivity contribution in [3.05, 3.63) is 39.7 Å². The fourth-order valence-electron chi connectivity index (χ4n) is 2.50. The van der Waals surface area contributed by atoms with Gasteiger partial charge in [0, 0.05) is 25.2 Å². The van der Waals surface area contributed by atoms with Crippen molar-refractivity contribution in [2.24, 2.45) is 0 Å². The van der Waals surface area contributed by atoms with Crippen LogP contribution in [-0.4, -0.2) is 41.9 Å². The molecule has 1 amide bonds. The molecule has 0 saturated carbocycles. The van der Waals surface area contributed by atoms with Crippen LogP contribution in [0.25, 0.3) is 0 Å². The largest absolute Gasteiger partial charge is 0.334 e. The Morgan fingerprint density at radius 2 is 2.35 bits per heavy atom. The quantitative estimate of drug-likeness (QED) is 0.671. The van der Waals surface area contributed by atoms with E-state index in [1.165, 1.54) is 6.07 Å². The van der Waals surface area contributed by atoms with Gasteiger partial charge in [0.25, 0.3) is 11.6 Å². The van der Waals surface area contributed by atoms with Gasteiger partial charge in [-0.05, 0) is 26.0 Å². The highest BCUT2D eigenvalue weighted by Gasteiger charge is 2.30. The minimum absolute atomic E-state index is 0.0436. The van der Waals surface area contributed by atoms with Gasteiger partial charge in [-0.25, -0.2) is 4.39 Å². The molecule has 1 aromatic carbocycles. The van der Waals surface area contributed by atoms with Crippen molar-refractivity contribution in [3.8, 4) is 0 Å². The number of likely N-dealkylation sites (N-methyl/N-ethyl adjacent to an activating group) is 1. The number of nitro groups is 1. The Morgan fingerprint density at radius 1 is 1.60 bits per heavy atom. The molecule has 1 saturated heterocycles. The molecule has 7 heteroatoms. The van der Waals surface area contributed by atoms with Crippen LogP contribution in [0.4, 0.5) is 10.1 Å². The topological polar surface area (TPSA) is 75.5 Å². The van der Waals surface area contributed by atoms with E-state index in [9.17, 15) is 19.3 Å². The number of amides is 1. The molecule has 2 rings (SSSR count). The molecule has 0 bridgehead atoms. The van der Waals surface area contributed by atoms with Crippen LogP contribution in [0.5, 0.6) is 0 Å². The number of nitrogens with zero attached hydrogens (tertiary/aromatic N) is 2. The van der Waals surface area contributed by atoms with E-state index in [0.717, 1.165) is 25.0 Å². The smallest absolute Gasteiger partial charge is 0.272 e. The number of carbonyl (C=O) groups is 1. The summed E-state index contributed by atoms with van der Waals surface area (Å²) in [5, 5.41) is 13.6. The van der Waals surface area contributed by atoms with E-state index in [1.54, 1.807) is 11.9 Å². The summed E-state index contributed by atoms with van der Waals surface area (Å²) in [6.45, 7) is 1.24. The molecule has 20 heavy (non-hydrogen) atoms. The zero-order valence-corrected chi connectivity index (χ0v) is 11.1. The molecule has 1 heterocycles. The van der Waals surface area contributed by atoms with Crippen LogP contribution in [0.15, 0.2) is 18.2 Å². The molecule has 0 spiro atoms. The third-order valence-electron chi connectivity index (χ3n) is 3.47. The van der Waals surface area contributed by atoms with Crippen molar-refractivity contribution in [2.75, 3.05) is 20.1 Å². The van der Waals surface area contributed by atoms with E-state index in [1.807, 2.05) is 0 Å². The van der Waals surface area contributed by atoms with Crippen molar-refractivity contribution in [2.45, 2.75) is 18.9 Å². The van der Waals surface area contributed by atoms with Crippen LogP contribution in [0.3, 0.4) is 0 Å². The molecule has 0 radical (unpaired) electrons. The second kappa shape index (κ2) is 5.96. The Kier molecular flexibility index (Phi) is 4.29. The number of halogens is 1. The van der Waals surface area contributed by atoms with E-state index in [0.29, 0.717) is 13.1 Å². The lowest BCUT2D eigenvalue weighted by Crippen LogP contribution is -2.41. The average molecular weight is 281 g/mol. The first-order chi connectivity index (χ1) is 9.54. The highest BCUT2D eigenvalue weighted by atomic mass is 19.1. The third kappa shape index (κ3) is 2.77. The van der Waals surface area contributed by atoms with Crippen LogP contribution in [-0.2, 0) is 0 Å². The fraction of sp³-hybridized carbons (Fsp3) is 0.462. The molecule has 1 N–H and O–H groups in total. The number of carbonyl (C=O) groups excluding carboxylic acids is 1. The Hall–Kier alpha value is -2.02. The van der Waals surface area contributed by atoms with E-state index in [2.05, 4.69) is 5.32 Å². The normalized spacial score (nSPS) is 18.3. The van der Waals surface area contributed by atoms with E-state index < -0.39 is 16.6 Å². The molecule has 1 aromatic rings. The van der Waals surface area contributed by atoms with Gasteiger partial charge in [0.2, 0.25) is 0 Å². The minimum atomic E-state index is -0.848. The van der Waals surface area contributed by atoms with Crippen molar-refractivity contribution in [1.29, 1.82) is 0 Å². The highest BCUT2D eigenvalue weighted by molar-refractivity contribution is 5.95. The monoisotopic (exact) mass is 281 g/mol. The van der Waals surface area contributed by atoms with Crippen LogP contribution >= 0.6 is 0 Å². The maximum absolute atomic E-state index is 13.9. The number of benzene rings is 1. The number of nitro benzene ring substituents is 1. The third-order valence-corrected chi connectivity index (χ3v) is 3.47. The lowest BCUT2D eigenvalue weighted by Gasteiger charge is -2.24. The van der Waals surface area contributed by atoms with Gasteiger partial charge in [0.15, 0.2) is 0 Å². The van der Waals surface area contributed by atoms with Crippen molar-refractivity contribution < 1.29 is 14.1 Å². The first-order valence-corrected chi connectivity index (χ1v) is 6.44. The molecular formula is C13H16FN3O3. The van der Waals surface area contributed by atoms with Crippen molar-refractivity contribution in [3.63, 3.8) is 0 Å². The van der Waals surface area contributed by atoms with Crippen LogP contribution in [0.1, 0.15) is 23.2 Å². The molecule has 1 atom stereocenters. The summed E-state index contributed by atoms with van der Waals surface area (Å²) >= 11 is 0. The van der Waals surface area contributed by atoms with E-state index >= 15 is 0 Å². The number of non-ortho nitro benzene ring substituents is 1. The number of rotatable bonds is 4. The Bertz CT molecular complexity index is 536. The van der Waals surface area contributed by atoms with E-state index in [4.69, 9.17) is 0 Å². The van der Waals surface area contributed by atoms with Crippen molar-refractivity contribution in [1.82, 2.24) is 10.2 Å². The number of likely N-dealkylation sites (tertiary alicyclic amines) is 1. The van der Waals surface area contributed by atoms with E-state index in [-0.39, 0.29) is 17.3 Å². The maximum Gasteiger partial charge on any atom is 0.272 e. The number of nitrogens with one attached hydrogen (secondary N) is 1. The Balaban J connectivity index is 2.22. The fourth-order valence-corrected chi connectivity index (χ4v) is 2.50. The van der Waals surface area contributed by atoms with Crippen LogP contribution in [0.2, 0.25) is 0 Å². The lowest BCUT2D eigenvalue weighted by molar-refractivity contribution is -0.385. The summed E-state index contributed by atoms with van der Waals surface area (Å²) in [6.07, 6.45) is 1.76. The molecule has 0 aromatic heterocycles. The second-order valence-corrected chi connectivity index (χ2v) is 4.77. The summed E-state index contributed by atoms with van der Waals surface area (Å²) in [6, 6.07) is 3.17.